The molecule has 1 heterocycles. The number of aryl methyl sites for hydroxylation is 1. The van der Waals surface area contributed by atoms with Crippen LogP contribution in [0.4, 0.5) is 11.4 Å². The molecule has 0 aromatic heterocycles. The lowest BCUT2D eigenvalue weighted by Gasteiger charge is -2.21. The molecule has 0 aliphatic carbocycles. The fraction of sp³-hybridized carbons (Fsp3) is 0.538. The Kier molecular flexibility index (Phi) is 4.47. The summed E-state index contributed by atoms with van der Waals surface area (Å²) in [6.07, 6.45) is 3.86. The molecule has 1 aromatic carbocycles. The average Bonchev–Trinajstić information content (AvgIpc) is 2.38. The van der Waals surface area contributed by atoms with Gasteiger partial charge >= 0.3 is 0 Å². The topological polar surface area (TPSA) is 55.2 Å². The molecule has 1 aliphatic rings. The van der Waals surface area contributed by atoms with Crippen molar-refractivity contribution in [1.82, 2.24) is 0 Å². The van der Waals surface area contributed by atoms with Crippen molar-refractivity contribution in [1.29, 1.82) is 0 Å². The van der Waals surface area contributed by atoms with E-state index in [4.69, 9.17) is 0 Å². The van der Waals surface area contributed by atoms with Gasteiger partial charge in [0.1, 0.15) is 0 Å². The van der Waals surface area contributed by atoms with Crippen LogP contribution in [0.25, 0.3) is 0 Å². The van der Waals surface area contributed by atoms with Gasteiger partial charge in [-0.3, -0.25) is 10.1 Å². The summed E-state index contributed by atoms with van der Waals surface area (Å²) < 4.78 is 0. The Balaban J connectivity index is 1.96. The molecule has 1 unspecified atom stereocenters. The quantitative estimate of drug-likeness (QED) is 0.668. The van der Waals surface area contributed by atoms with Crippen LogP contribution in [-0.2, 0) is 0 Å². The van der Waals surface area contributed by atoms with Crippen LogP contribution in [0.2, 0.25) is 0 Å². The normalized spacial score (nSPS) is 19.5. The van der Waals surface area contributed by atoms with Gasteiger partial charge in [-0.1, -0.05) is 12.5 Å². The highest BCUT2D eigenvalue weighted by molar-refractivity contribution is 7.99. The van der Waals surface area contributed by atoms with E-state index in [1.54, 1.807) is 19.1 Å². The molecule has 4 nitrogen and oxygen atoms in total. The molecule has 0 amide bonds. The molecule has 18 heavy (non-hydrogen) atoms. The third-order valence-electron chi connectivity index (χ3n) is 3.21. The van der Waals surface area contributed by atoms with Gasteiger partial charge in [-0.2, -0.15) is 11.8 Å². The largest absolute Gasteiger partial charge is 0.384 e. The number of thioether (sulfide) groups is 1. The van der Waals surface area contributed by atoms with Gasteiger partial charge in [0.25, 0.3) is 5.69 Å². The standard InChI is InChI=1S/C13H18N2O2S/c1-10-5-6-11(8-13(10)15(16)17)14-9-12-4-2-3-7-18-12/h5-6,8,12,14H,2-4,7,9H2,1H3. The van der Waals surface area contributed by atoms with E-state index in [0.717, 1.165) is 12.2 Å². The first-order valence-corrected chi connectivity index (χ1v) is 7.32. The molecule has 1 N–H and O–H groups in total. The molecule has 1 aliphatic heterocycles. The van der Waals surface area contributed by atoms with Gasteiger partial charge in [-0.15, -0.1) is 0 Å². The van der Waals surface area contributed by atoms with Crippen LogP contribution in [0.1, 0.15) is 24.8 Å². The molecule has 2 rings (SSSR count). The number of anilines is 1. The lowest BCUT2D eigenvalue weighted by atomic mass is 10.1. The summed E-state index contributed by atoms with van der Waals surface area (Å²) in [4.78, 5) is 10.5. The van der Waals surface area contributed by atoms with Crippen LogP contribution >= 0.6 is 11.8 Å². The summed E-state index contributed by atoms with van der Waals surface area (Å²) in [6, 6.07) is 5.34. The molecule has 0 bridgehead atoms. The third kappa shape index (κ3) is 3.38. The molecule has 1 atom stereocenters. The number of rotatable bonds is 4. The second-order valence-electron chi connectivity index (χ2n) is 4.63. The van der Waals surface area contributed by atoms with Crippen molar-refractivity contribution >= 4 is 23.1 Å². The number of nitro groups is 1. The van der Waals surface area contributed by atoms with Crippen LogP contribution in [-0.4, -0.2) is 22.5 Å². The van der Waals surface area contributed by atoms with E-state index in [1.807, 2.05) is 17.8 Å². The summed E-state index contributed by atoms with van der Waals surface area (Å²) >= 11 is 2.00. The van der Waals surface area contributed by atoms with Crippen molar-refractivity contribution in [3.8, 4) is 0 Å². The molecule has 0 radical (unpaired) electrons. The van der Waals surface area contributed by atoms with Crippen molar-refractivity contribution in [3.05, 3.63) is 33.9 Å². The average molecular weight is 266 g/mol. The highest BCUT2D eigenvalue weighted by Crippen LogP contribution is 2.26. The maximum Gasteiger partial charge on any atom is 0.274 e. The predicted octanol–water partition coefficient (Wildman–Crippen LogP) is 3.60. The second kappa shape index (κ2) is 6.09. The highest BCUT2D eigenvalue weighted by atomic mass is 32.2. The minimum absolute atomic E-state index is 0.191. The van der Waals surface area contributed by atoms with Gasteiger partial charge in [0.2, 0.25) is 0 Å². The molecule has 1 aromatic rings. The molecular weight excluding hydrogens is 248 g/mol. The van der Waals surface area contributed by atoms with Crippen LogP contribution in [0.15, 0.2) is 18.2 Å². The predicted molar refractivity (Wildman–Crippen MR) is 76.4 cm³/mol. The summed E-state index contributed by atoms with van der Waals surface area (Å²) in [5.74, 6) is 1.24. The first-order chi connectivity index (χ1) is 8.66. The van der Waals surface area contributed by atoms with E-state index in [1.165, 1.54) is 25.0 Å². The number of hydrogen-bond donors (Lipinski definition) is 1. The highest BCUT2D eigenvalue weighted by Gasteiger charge is 2.15. The van der Waals surface area contributed by atoms with Gasteiger partial charge in [0, 0.05) is 29.1 Å². The minimum atomic E-state index is -0.324. The van der Waals surface area contributed by atoms with Gasteiger partial charge in [0.15, 0.2) is 0 Å². The zero-order valence-electron chi connectivity index (χ0n) is 10.5. The summed E-state index contributed by atoms with van der Waals surface area (Å²) in [6.45, 7) is 2.66. The smallest absolute Gasteiger partial charge is 0.274 e. The van der Waals surface area contributed by atoms with E-state index in [-0.39, 0.29) is 10.6 Å². The van der Waals surface area contributed by atoms with Crippen molar-refractivity contribution in [2.24, 2.45) is 0 Å². The Labute approximate surface area is 111 Å². The Bertz CT molecular complexity index is 431. The number of benzene rings is 1. The third-order valence-corrected chi connectivity index (χ3v) is 4.61. The molecule has 0 spiro atoms. The molecule has 0 saturated carbocycles. The lowest BCUT2D eigenvalue weighted by molar-refractivity contribution is -0.385. The molecule has 98 valence electrons. The van der Waals surface area contributed by atoms with E-state index in [9.17, 15) is 10.1 Å². The molecular formula is C13H18N2O2S. The van der Waals surface area contributed by atoms with Crippen LogP contribution in [0.3, 0.4) is 0 Å². The Morgan fingerprint density at radius 1 is 1.50 bits per heavy atom. The second-order valence-corrected chi connectivity index (χ2v) is 6.04. The van der Waals surface area contributed by atoms with E-state index < -0.39 is 0 Å². The Morgan fingerprint density at radius 2 is 2.33 bits per heavy atom. The monoisotopic (exact) mass is 266 g/mol. The van der Waals surface area contributed by atoms with Crippen LogP contribution in [0.5, 0.6) is 0 Å². The lowest BCUT2D eigenvalue weighted by Crippen LogP contribution is -2.20. The van der Waals surface area contributed by atoms with Crippen molar-refractivity contribution in [2.75, 3.05) is 17.6 Å². The van der Waals surface area contributed by atoms with Crippen molar-refractivity contribution in [3.63, 3.8) is 0 Å². The van der Waals surface area contributed by atoms with Gasteiger partial charge in [-0.05, 0) is 31.6 Å². The summed E-state index contributed by atoms with van der Waals surface area (Å²) in [5.41, 5.74) is 1.74. The first-order valence-electron chi connectivity index (χ1n) is 6.27. The van der Waals surface area contributed by atoms with Crippen molar-refractivity contribution < 1.29 is 4.92 Å². The Morgan fingerprint density at radius 3 is 3.00 bits per heavy atom. The van der Waals surface area contributed by atoms with Crippen molar-refractivity contribution in [2.45, 2.75) is 31.4 Å². The number of nitro benzene ring substituents is 1. The number of nitrogens with zero attached hydrogens (tertiary/aromatic N) is 1. The van der Waals surface area contributed by atoms with Crippen LogP contribution < -0.4 is 5.32 Å². The summed E-state index contributed by atoms with van der Waals surface area (Å²) in [7, 11) is 0. The molecule has 5 heteroatoms. The number of nitrogens with one attached hydrogen (secondary N) is 1. The Hall–Kier alpha value is -1.23. The fourth-order valence-electron chi connectivity index (χ4n) is 2.12. The first kappa shape index (κ1) is 13.2. The molecule has 1 fully saturated rings. The van der Waals surface area contributed by atoms with E-state index in [2.05, 4.69) is 5.32 Å². The maximum absolute atomic E-state index is 10.9. The SMILES string of the molecule is Cc1ccc(NCC2CCCCS2)cc1[N+](=O)[O-]. The van der Waals surface area contributed by atoms with E-state index >= 15 is 0 Å². The van der Waals surface area contributed by atoms with Crippen LogP contribution in [0, 0.1) is 17.0 Å². The number of hydrogen-bond acceptors (Lipinski definition) is 4. The van der Waals surface area contributed by atoms with Gasteiger partial charge < -0.3 is 5.32 Å². The van der Waals surface area contributed by atoms with Gasteiger partial charge in [-0.25, -0.2) is 0 Å². The molecule has 1 saturated heterocycles. The zero-order chi connectivity index (χ0) is 13.0. The van der Waals surface area contributed by atoms with E-state index in [0.29, 0.717) is 10.8 Å². The van der Waals surface area contributed by atoms with Gasteiger partial charge in [0.05, 0.1) is 4.92 Å². The fourth-order valence-corrected chi connectivity index (χ4v) is 3.35. The summed E-state index contributed by atoms with van der Waals surface area (Å²) in [5, 5.41) is 14.8. The minimum Gasteiger partial charge on any atom is -0.384 e. The zero-order valence-corrected chi connectivity index (χ0v) is 11.3. The maximum atomic E-state index is 10.9.